The first-order valence-corrected chi connectivity index (χ1v) is 14.8. The van der Waals surface area contributed by atoms with Crippen molar-refractivity contribution in [2.75, 3.05) is 38.9 Å². The molecule has 0 amide bonds. The first-order valence-electron chi connectivity index (χ1n) is 12.9. The van der Waals surface area contributed by atoms with Gasteiger partial charge in [-0.2, -0.15) is 14.7 Å². The Labute approximate surface area is 231 Å². The maximum Gasteiger partial charge on any atom is 0.189 e. The van der Waals surface area contributed by atoms with Crippen molar-refractivity contribution in [3.8, 4) is 16.8 Å². The molecule has 13 heteroatoms. The number of methoxy groups -OCH3 is 1. The number of aromatic nitrogens is 5. The van der Waals surface area contributed by atoms with Gasteiger partial charge in [-0.3, -0.25) is 4.79 Å². The Hall–Kier alpha value is -3.65. The van der Waals surface area contributed by atoms with E-state index in [0.29, 0.717) is 49.2 Å². The summed E-state index contributed by atoms with van der Waals surface area (Å²) in [6.45, 7) is -0.130. The van der Waals surface area contributed by atoms with Gasteiger partial charge in [0.2, 0.25) is 0 Å². The Morgan fingerprint density at radius 1 is 1.15 bits per heavy atom. The molecular formula is C27H32N6O6S. The number of sulfone groups is 1. The van der Waals surface area contributed by atoms with Gasteiger partial charge < -0.3 is 20.3 Å². The number of aliphatic hydroxyl groups is 1. The van der Waals surface area contributed by atoms with E-state index in [9.17, 15) is 18.3 Å². The Bertz CT molecular complexity index is 1620. The number of nitrogens with zero attached hydrogens (tertiary/aromatic N) is 5. The van der Waals surface area contributed by atoms with Gasteiger partial charge in [0.15, 0.2) is 21.3 Å². The molecule has 12 nitrogen and oxygen atoms in total. The number of benzene rings is 1. The number of carbonyl (C=O) groups excluding carboxylic acids is 1. The van der Waals surface area contributed by atoms with Gasteiger partial charge in [0.1, 0.15) is 22.9 Å². The lowest BCUT2D eigenvalue weighted by molar-refractivity contribution is -0.155. The summed E-state index contributed by atoms with van der Waals surface area (Å²) in [5, 5.41) is 18.4. The lowest BCUT2D eigenvalue weighted by atomic mass is 9.75. The van der Waals surface area contributed by atoms with Crippen molar-refractivity contribution in [2.24, 2.45) is 0 Å². The summed E-state index contributed by atoms with van der Waals surface area (Å²) in [5.41, 5.74) is 8.31. The first kappa shape index (κ1) is 27.9. The molecular weight excluding hydrogens is 536 g/mol. The van der Waals surface area contributed by atoms with Gasteiger partial charge in [-0.05, 0) is 37.8 Å². The van der Waals surface area contributed by atoms with Crippen LogP contribution in [0.15, 0.2) is 53.8 Å². The molecule has 4 aromatic rings. The van der Waals surface area contributed by atoms with Gasteiger partial charge >= 0.3 is 0 Å². The molecule has 3 heterocycles. The zero-order valence-electron chi connectivity index (χ0n) is 22.4. The molecule has 3 aromatic heterocycles. The predicted octanol–water partition coefficient (Wildman–Crippen LogP) is 2.19. The van der Waals surface area contributed by atoms with Crippen LogP contribution in [0.5, 0.6) is 0 Å². The summed E-state index contributed by atoms with van der Waals surface area (Å²) < 4.78 is 40.0. The second-order valence-electron chi connectivity index (χ2n) is 9.98. The highest BCUT2D eigenvalue weighted by Gasteiger charge is 2.44. The largest absolute Gasteiger partial charge is 0.388 e. The molecule has 1 fully saturated rings. The monoisotopic (exact) mass is 568 g/mol. The van der Waals surface area contributed by atoms with Crippen molar-refractivity contribution in [1.29, 1.82) is 0 Å². The van der Waals surface area contributed by atoms with E-state index in [1.807, 2.05) is 36.5 Å². The number of rotatable bonds is 10. The summed E-state index contributed by atoms with van der Waals surface area (Å²) in [7, 11) is -2.24. The number of carbonyl (C=O) groups is 1. The fourth-order valence-electron chi connectivity index (χ4n) is 5.39. The normalized spacial score (nSPS) is 19.7. The molecule has 1 aliphatic rings. The van der Waals surface area contributed by atoms with Gasteiger partial charge in [0, 0.05) is 36.6 Å². The number of ketones is 1. The van der Waals surface area contributed by atoms with Crippen molar-refractivity contribution in [2.45, 2.75) is 42.1 Å². The van der Waals surface area contributed by atoms with Crippen LogP contribution < -0.4 is 5.73 Å². The molecule has 0 spiro atoms. The highest BCUT2D eigenvalue weighted by Crippen LogP contribution is 2.43. The van der Waals surface area contributed by atoms with Crippen molar-refractivity contribution in [3.05, 3.63) is 54.6 Å². The van der Waals surface area contributed by atoms with E-state index >= 15 is 0 Å². The number of hydrogen-bond donors (Lipinski definition) is 2. The van der Waals surface area contributed by atoms with Crippen molar-refractivity contribution in [1.82, 2.24) is 24.4 Å². The van der Waals surface area contributed by atoms with Crippen LogP contribution >= 0.6 is 0 Å². The van der Waals surface area contributed by atoms with Gasteiger partial charge in [-0.1, -0.05) is 18.2 Å². The molecule has 0 unspecified atom stereocenters. The maximum atomic E-state index is 13.0. The van der Waals surface area contributed by atoms with E-state index in [1.165, 1.54) is 11.6 Å². The van der Waals surface area contributed by atoms with Gasteiger partial charge in [-0.15, -0.1) is 0 Å². The van der Waals surface area contributed by atoms with Crippen LogP contribution in [-0.2, 0) is 24.1 Å². The Morgan fingerprint density at radius 3 is 2.52 bits per heavy atom. The lowest BCUT2D eigenvalue weighted by Gasteiger charge is -2.38. The summed E-state index contributed by atoms with van der Waals surface area (Å²) in [5.74, 6) is -0.733. The van der Waals surface area contributed by atoms with E-state index in [4.69, 9.17) is 20.2 Å². The van der Waals surface area contributed by atoms with Crippen LogP contribution in [0, 0.1) is 0 Å². The molecule has 0 aliphatic heterocycles. The van der Waals surface area contributed by atoms with Gasteiger partial charge in [0.25, 0.3) is 0 Å². The summed E-state index contributed by atoms with van der Waals surface area (Å²) in [6, 6.07) is 9.63. The molecule has 1 saturated carbocycles. The molecule has 40 heavy (non-hydrogen) atoms. The second-order valence-corrected chi connectivity index (χ2v) is 11.9. The van der Waals surface area contributed by atoms with Crippen LogP contribution in [0.1, 0.15) is 37.3 Å². The molecule has 212 valence electrons. The standard InChI is InChI=1S/C27H32N6O6S/c1-38-12-13-39-27(22(35)17-34)10-8-18(9-11-27)23-24(40(2,36)37)25(28)33-26(31-23)21(15-30-33)19-14-29-32(16-19)20-6-4-3-5-7-20/h3-7,14-16,18,34H,8-13,17,28H2,1-2H3. The molecule has 0 atom stereocenters. The number of nitrogen functional groups attached to an aromatic ring is 1. The number of anilines is 1. The Kier molecular flexibility index (Phi) is 7.73. The van der Waals surface area contributed by atoms with Crippen LogP contribution in [0.25, 0.3) is 22.5 Å². The SMILES string of the molecule is COCCOC1(C(=O)CO)CCC(c2nc3c(-c4cnn(-c5ccccc5)c4)cnn3c(N)c2S(C)(=O)=O)CC1. The zero-order chi connectivity index (χ0) is 28.5. The van der Waals surface area contributed by atoms with Crippen LogP contribution in [0.4, 0.5) is 5.82 Å². The van der Waals surface area contributed by atoms with Crippen LogP contribution in [0.3, 0.4) is 0 Å². The van der Waals surface area contributed by atoms with Crippen molar-refractivity contribution in [3.63, 3.8) is 0 Å². The van der Waals surface area contributed by atoms with Gasteiger partial charge in [-0.25, -0.2) is 18.1 Å². The number of para-hydroxylation sites is 1. The molecule has 1 aromatic carbocycles. The summed E-state index contributed by atoms with van der Waals surface area (Å²) >= 11 is 0. The Balaban J connectivity index is 1.54. The molecule has 0 saturated heterocycles. The van der Waals surface area contributed by atoms with E-state index in [1.54, 1.807) is 17.1 Å². The number of aliphatic hydroxyl groups excluding tert-OH is 1. The van der Waals surface area contributed by atoms with Crippen LogP contribution in [0.2, 0.25) is 0 Å². The summed E-state index contributed by atoms with van der Waals surface area (Å²) in [4.78, 5) is 17.5. The van der Waals surface area contributed by atoms with E-state index in [-0.39, 0.29) is 23.2 Å². The fraction of sp³-hybridized carbons (Fsp3) is 0.407. The average molecular weight is 569 g/mol. The molecule has 5 rings (SSSR count). The van der Waals surface area contributed by atoms with Gasteiger partial charge in [0.05, 0.1) is 37.0 Å². The topological polar surface area (TPSA) is 164 Å². The third kappa shape index (κ3) is 5.12. The van der Waals surface area contributed by atoms with E-state index in [2.05, 4.69) is 10.2 Å². The fourth-order valence-corrected chi connectivity index (χ4v) is 6.45. The molecule has 0 radical (unpaired) electrons. The number of fused-ring (bicyclic) bond motifs is 1. The van der Waals surface area contributed by atoms with Crippen molar-refractivity contribution < 1.29 is 27.8 Å². The third-order valence-corrected chi connectivity index (χ3v) is 8.61. The zero-order valence-corrected chi connectivity index (χ0v) is 23.2. The molecule has 0 bridgehead atoms. The summed E-state index contributed by atoms with van der Waals surface area (Å²) in [6.07, 6.45) is 7.66. The third-order valence-electron chi connectivity index (χ3n) is 7.45. The molecule has 3 N–H and O–H groups in total. The van der Waals surface area contributed by atoms with E-state index < -0.39 is 27.8 Å². The minimum absolute atomic E-state index is 0.0242. The maximum absolute atomic E-state index is 13.0. The highest BCUT2D eigenvalue weighted by molar-refractivity contribution is 7.91. The van der Waals surface area contributed by atoms with Crippen molar-refractivity contribution >= 4 is 27.1 Å². The number of ether oxygens (including phenoxy) is 2. The predicted molar refractivity (Wildman–Crippen MR) is 147 cm³/mol. The van der Waals surface area contributed by atoms with Crippen LogP contribution in [-0.4, -0.2) is 82.5 Å². The number of Topliss-reactive ketones (excluding diaryl/α,β-unsaturated/α-hetero) is 1. The second kappa shape index (κ2) is 11.1. The lowest BCUT2D eigenvalue weighted by Crippen LogP contribution is -2.46. The minimum Gasteiger partial charge on any atom is -0.388 e. The number of hydrogen-bond acceptors (Lipinski definition) is 10. The minimum atomic E-state index is -3.78. The highest BCUT2D eigenvalue weighted by atomic mass is 32.2. The smallest absolute Gasteiger partial charge is 0.189 e. The number of nitrogens with two attached hydrogens (primary N) is 1. The average Bonchev–Trinajstić information content (AvgIpc) is 3.60. The van der Waals surface area contributed by atoms with E-state index in [0.717, 1.165) is 17.5 Å². The quantitative estimate of drug-likeness (QED) is 0.271. The molecule has 1 aliphatic carbocycles. The first-order chi connectivity index (χ1) is 19.2. The Morgan fingerprint density at radius 2 is 1.88 bits per heavy atom.